The van der Waals surface area contributed by atoms with E-state index in [-0.39, 0.29) is 5.78 Å². The van der Waals surface area contributed by atoms with Crippen LogP contribution < -0.4 is 4.74 Å². The number of carbonyl (C=O) groups excluding carboxylic acids is 1. The summed E-state index contributed by atoms with van der Waals surface area (Å²) in [6, 6.07) is 17.5. The minimum atomic E-state index is 0.274. The molecule has 1 aliphatic heterocycles. The van der Waals surface area contributed by atoms with E-state index in [9.17, 15) is 4.79 Å². The summed E-state index contributed by atoms with van der Waals surface area (Å²) < 4.78 is 5.77. The first-order chi connectivity index (χ1) is 11.7. The van der Waals surface area contributed by atoms with Crippen LogP contribution in [0.25, 0.3) is 0 Å². The summed E-state index contributed by atoms with van der Waals surface area (Å²) in [5, 5.41) is 0. The van der Waals surface area contributed by atoms with Gasteiger partial charge < -0.3 is 9.64 Å². The average Bonchev–Trinajstić information content (AvgIpc) is 2.60. The zero-order chi connectivity index (χ0) is 16.8. The molecule has 4 nitrogen and oxygen atoms in total. The summed E-state index contributed by atoms with van der Waals surface area (Å²) in [5.74, 6) is 1.88. The largest absolute Gasteiger partial charge is 0.457 e. The van der Waals surface area contributed by atoms with Gasteiger partial charge in [-0.1, -0.05) is 30.3 Å². The molecule has 0 bridgehead atoms. The minimum Gasteiger partial charge on any atom is -0.457 e. The van der Waals surface area contributed by atoms with Gasteiger partial charge in [0.2, 0.25) is 0 Å². The topological polar surface area (TPSA) is 32.8 Å². The number of rotatable bonds is 6. The van der Waals surface area contributed by atoms with Crippen LogP contribution in [-0.2, 0) is 11.2 Å². The molecule has 0 aromatic heterocycles. The van der Waals surface area contributed by atoms with Gasteiger partial charge in [-0.05, 0) is 36.9 Å². The third-order valence-electron chi connectivity index (χ3n) is 4.30. The number of nitrogens with zero attached hydrogens (tertiary/aromatic N) is 2. The van der Waals surface area contributed by atoms with Gasteiger partial charge in [-0.2, -0.15) is 0 Å². The first kappa shape index (κ1) is 16.7. The van der Waals surface area contributed by atoms with E-state index in [1.54, 1.807) is 0 Å². The number of Topliss-reactive ketones (excluding diaryl/α,β-unsaturated/α-hetero) is 1. The molecule has 0 radical (unpaired) electrons. The fraction of sp³-hybridized carbons (Fsp3) is 0.350. The van der Waals surface area contributed by atoms with Gasteiger partial charge in [-0.15, -0.1) is 0 Å². The minimum absolute atomic E-state index is 0.274. The van der Waals surface area contributed by atoms with E-state index in [0.717, 1.165) is 43.2 Å². The highest BCUT2D eigenvalue weighted by Gasteiger charge is 2.16. The number of likely N-dealkylation sites (N-methyl/N-ethyl adjacent to an activating group) is 1. The molecule has 0 unspecified atom stereocenters. The summed E-state index contributed by atoms with van der Waals surface area (Å²) in [7, 11) is 2.12. The first-order valence-electron chi connectivity index (χ1n) is 8.43. The van der Waals surface area contributed by atoms with Crippen molar-refractivity contribution in [2.45, 2.75) is 6.42 Å². The number of ether oxygens (including phenoxy) is 1. The Kier molecular flexibility index (Phi) is 5.62. The van der Waals surface area contributed by atoms with Crippen LogP contribution in [0.4, 0.5) is 0 Å². The zero-order valence-electron chi connectivity index (χ0n) is 14.1. The van der Waals surface area contributed by atoms with Gasteiger partial charge in [0.05, 0.1) is 6.54 Å². The maximum Gasteiger partial charge on any atom is 0.151 e. The van der Waals surface area contributed by atoms with Crippen LogP contribution in [0.5, 0.6) is 11.5 Å². The van der Waals surface area contributed by atoms with E-state index in [1.165, 1.54) is 0 Å². The number of ketones is 1. The van der Waals surface area contributed by atoms with E-state index in [4.69, 9.17) is 4.74 Å². The highest BCUT2D eigenvalue weighted by atomic mass is 16.5. The van der Waals surface area contributed by atoms with Crippen LogP contribution in [0.2, 0.25) is 0 Å². The van der Waals surface area contributed by atoms with Gasteiger partial charge in [0.25, 0.3) is 0 Å². The lowest BCUT2D eigenvalue weighted by molar-refractivity contribution is -0.119. The van der Waals surface area contributed by atoms with E-state index in [0.29, 0.717) is 13.0 Å². The molecular weight excluding hydrogens is 300 g/mol. The number of hydrogen-bond donors (Lipinski definition) is 0. The summed E-state index contributed by atoms with van der Waals surface area (Å²) >= 11 is 0. The third-order valence-corrected chi connectivity index (χ3v) is 4.30. The van der Waals surface area contributed by atoms with Crippen LogP contribution in [0.15, 0.2) is 54.6 Å². The third kappa shape index (κ3) is 4.91. The van der Waals surface area contributed by atoms with Gasteiger partial charge in [0, 0.05) is 32.6 Å². The van der Waals surface area contributed by atoms with Crippen molar-refractivity contribution < 1.29 is 9.53 Å². The first-order valence-corrected chi connectivity index (χ1v) is 8.43. The fourth-order valence-electron chi connectivity index (χ4n) is 2.84. The summed E-state index contributed by atoms with van der Waals surface area (Å²) in [6.45, 7) is 4.59. The molecule has 0 spiro atoms. The molecular formula is C20H24N2O2. The lowest BCUT2D eigenvalue weighted by atomic mass is 10.1. The second-order valence-corrected chi connectivity index (χ2v) is 6.35. The number of hydrogen-bond acceptors (Lipinski definition) is 4. The molecule has 0 amide bonds. The van der Waals surface area contributed by atoms with Gasteiger partial charge in [-0.25, -0.2) is 0 Å². The smallest absolute Gasteiger partial charge is 0.151 e. The predicted molar refractivity (Wildman–Crippen MR) is 95.6 cm³/mol. The summed E-state index contributed by atoms with van der Waals surface area (Å²) in [5.41, 5.74) is 1.04. The molecule has 1 saturated heterocycles. The predicted octanol–water partition coefficient (Wildman–Crippen LogP) is 2.84. The second kappa shape index (κ2) is 8.08. The maximum absolute atomic E-state index is 12.3. The molecule has 2 aromatic carbocycles. The van der Waals surface area contributed by atoms with E-state index in [2.05, 4.69) is 16.8 Å². The van der Waals surface area contributed by atoms with Crippen molar-refractivity contribution in [2.24, 2.45) is 0 Å². The van der Waals surface area contributed by atoms with Crippen molar-refractivity contribution in [3.63, 3.8) is 0 Å². The standard InChI is InChI=1S/C20H24N2O2/c1-21-11-13-22(14-12-21)16-18(23)15-17-7-9-20(10-8-17)24-19-5-3-2-4-6-19/h2-10H,11-16H2,1H3. The van der Waals surface area contributed by atoms with Crippen LogP contribution in [0, 0.1) is 0 Å². The Morgan fingerprint density at radius 3 is 2.21 bits per heavy atom. The van der Waals surface area contributed by atoms with Crippen molar-refractivity contribution in [1.82, 2.24) is 9.80 Å². The lowest BCUT2D eigenvalue weighted by Crippen LogP contribution is -2.46. The van der Waals surface area contributed by atoms with E-state index >= 15 is 0 Å². The number of carbonyl (C=O) groups is 1. The van der Waals surface area contributed by atoms with Crippen molar-refractivity contribution in [3.8, 4) is 11.5 Å². The highest BCUT2D eigenvalue weighted by molar-refractivity contribution is 5.82. The van der Waals surface area contributed by atoms with Crippen LogP contribution in [-0.4, -0.2) is 55.4 Å². The number of para-hydroxylation sites is 1. The van der Waals surface area contributed by atoms with Crippen LogP contribution in [0.1, 0.15) is 5.56 Å². The van der Waals surface area contributed by atoms with Gasteiger partial charge in [-0.3, -0.25) is 9.69 Å². The Bertz CT molecular complexity index is 647. The number of benzene rings is 2. The lowest BCUT2D eigenvalue weighted by Gasteiger charge is -2.31. The summed E-state index contributed by atoms with van der Waals surface area (Å²) in [6.07, 6.45) is 0.484. The van der Waals surface area contributed by atoms with E-state index < -0.39 is 0 Å². The highest BCUT2D eigenvalue weighted by Crippen LogP contribution is 2.21. The molecule has 1 heterocycles. The molecule has 1 aliphatic rings. The Morgan fingerprint density at radius 2 is 1.54 bits per heavy atom. The SMILES string of the molecule is CN1CCN(CC(=O)Cc2ccc(Oc3ccccc3)cc2)CC1. The maximum atomic E-state index is 12.3. The fourth-order valence-corrected chi connectivity index (χ4v) is 2.84. The monoisotopic (exact) mass is 324 g/mol. The average molecular weight is 324 g/mol. The van der Waals surface area contributed by atoms with Crippen molar-refractivity contribution >= 4 is 5.78 Å². The molecule has 2 aromatic rings. The molecule has 24 heavy (non-hydrogen) atoms. The molecule has 0 atom stereocenters. The summed E-state index contributed by atoms with van der Waals surface area (Å²) in [4.78, 5) is 16.8. The molecule has 3 rings (SSSR count). The Hall–Kier alpha value is -2.17. The quantitative estimate of drug-likeness (QED) is 0.818. The van der Waals surface area contributed by atoms with Crippen molar-refractivity contribution in [1.29, 1.82) is 0 Å². The molecule has 0 saturated carbocycles. The van der Waals surface area contributed by atoms with Crippen LogP contribution >= 0.6 is 0 Å². The van der Waals surface area contributed by atoms with Gasteiger partial charge in [0.15, 0.2) is 5.78 Å². The van der Waals surface area contributed by atoms with Gasteiger partial charge in [0.1, 0.15) is 11.5 Å². The second-order valence-electron chi connectivity index (χ2n) is 6.35. The van der Waals surface area contributed by atoms with E-state index in [1.807, 2.05) is 54.6 Å². The zero-order valence-corrected chi connectivity index (χ0v) is 14.1. The molecule has 0 N–H and O–H groups in total. The Labute approximate surface area is 143 Å². The molecule has 1 fully saturated rings. The Balaban J connectivity index is 1.49. The molecule has 0 aliphatic carbocycles. The number of piperazine rings is 1. The van der Waals surface area contributed by atoms with Crippen LogP contribution in [0.3, 0.4) is 0 Å². The van der Waals surface area contributed by atoms with Gasteiger partial charge >= 0.3 is 0 Å². The Morgan fingerprint density at radius 1 is 0.917 bits per heavy atom. The normalized spacial score (nSPS) is 16.0. The molecule has 4 heteroatoms. The molecule has 126 valence electrons. The van der Waals surface area contributed by atoms with Crippen molar-refractivity contribution in [2.75, 3.05) is 39.8 Å². The van der Waals surface area contributed by atoms with Crippen molar-refractivity contribution in [3.05, 3.63) is 60.2 Å².